The lowest BCUT2D eigenvalue weighted by atomic mass is 10.1. The van der Waals surface area contributed by atoms with Crippen LogP contribution >= 0.6 is 22.9 Å². The first-order chi connectivity index (χ1) is 11.9. The molecule has 0 aliphatic heterocycles. The smallest absolute Gasteiger partial charge is 0.268 e. The van der Waals surface area contributed by atoms with Crippen molar-refractivity contribution in [2.75, 3.05) is 11.9 Å². The first kappa shape index (κ1) is 17.5. The second-order valence-electron chi connectivity index (χ2n) is 5.72. The maximum absolute atomic E-state index is 12.9. The fraction of sp³-hybridized carbons (Fsp3) is 0.222. The monoisotopic (exact) mass is 376 g/mol. The van der Waals surface area contributed by atoms with Gasteiger partial charge in [0.2, 0.25) is 0 Å². The third-order valence-electron chi connectivity index (χ3n) is 4.26. The molecule has 0 radical (unpaired) electrons. The van der Waals surface area contributed by atoms with E-state index in [1.54, 1.807) is 38.4 Å². The number of aryl methyl sites for hydroxylation is 2. The maximum Gasteiger partial charge on any atom is 0.268 e. The van der Waals surface area contributed by atoms with E-state index in [0.29, 0.717) is 27.3 Å². The number of thiophene rings is 1. The number of fused-ring (bicyclic) bond motifs is 1. The molecule has 0 aliphatic carbocycles. The van der Waals surface area contributed by atoms with Crippen LogP contribution in [0.1, 0.15) is 22.8 Å². The summed E-state index contributed by atoms with van der Waals surface area (Å²) in [5.41, 5.74) is 0.758. The molecule has 0 fully saturated rings. The van der Waals surface area contributed by atoms with Crippen LogP contribution in [0.25, 0.3) is 10.2 Å². The van der Waals surface area contributed by atoms with Crippen molar-refractivity contribution in [2.24, 2.45) is 7.05 Å². The largest absolute Gasteiger partial charge is 0.506 e. The summed E-state index contributed by atoms with van der Waals surface area (Å²) >= 11 is 7.26. The zero-order valence-electron chi connectivity index (χ0n) is 14.0. The Morgan fingerprint density at radius 2 is 1.96 bits per heavy atom. The fourth-order valence-electron chi connectivity index (χ4n) is 2.77. The van der Waals surface area contributed by atoms with Crippen LogP contribution < -0.4 is 10.5 Å². The summed E-state index contributed by atoms with van der Waals surface area (Å²) < 4.78 is 1.42. The molecule has 3 aromatic rings. The van der Waals surface area contributed by atoms with Gasteiger partial charge in [0.1, 0.15) is 16.1 Å². The van der Waals surface area contributed by atoms with Gasteiger partial charge in [0.15, 0.2) is 0 Å². The number of carbonyl (C=O) groups is 1. The molecular formula is C18H17ClN2O3S. The third kappa shape index (κ3) is 2.81. The van der Waals surface area contributed by atoms with Crippen LogP contribution in [0.4, 0.5) is 5.69 Å². The van der Waals surface area contributed by atoms with E-state index in [4.69, 9.17) is 11.6 Å². The summed E-state index contributed by atoms with van der Waals surface area (Å²) in [7, 11) is 3.17. The molecule has 25 heavy (non-hydrogen) atoms. The predicted molar refractivity (Wildman–Crippen MR) is 102 cm³/mol. The minimum absolute atomic E-state index is 0.222. The van der Waals surface area contributed by atoms with Gasteiger partial charge in [-0.3, -0.25) is 9.59 Å². The zero-order chi connectivity index (χ0) is 18.3. The fourth-order valence-corrected chi connectivity index (χ4v) is 4.02. The lowest BCUT2D eigenvalue weighted by molar-refractivity contribution is 0.0988. The summed E-state index contributed by atoms with van der Waals surface area (Å²) in [6.07, 6.45) is 0.701. The number of nitrogens with zero attached hydrogens (tertiary/aromatic N) is 2. The van der Waals surface area contributed by atoms with Gasteiger partial charge >= 0.3 is 0 Å². The van der Waals surface area contributed by atoms with Crippen molar-refractivity contribution in [3.8, 4) is 5.75 Å². The van der Waals surface area contributed by atoms with Crippen molar-refractivity contribution in [3.63, 3.8) is 0 Å². The molecule has 0 spiro atoms. The van der Waals surface area contributed by atoms with Crippen LogP contribution in [0.3, 0.4) is 0 Å². The number of hydrogen-bond acceptors (Lipinski definition) is 4. The molecule has 0 saturated carbocycles. The number of benzene rings is 1. The van der Waals surface area contributed by atoms with Crippen molar-refractivity contribution in [1.29, 1.82) is 0 Å². The van der Waals surface area contributed by atoms with Gasteiger partial charge in [0.05, 0.1) is 5.39 Å². The number of anilines is 1. The minimum Gasteiger partial charge on any atom is -0.506 e. The van der Waals surface area contributed by atoms with E-state index < -0.39 is 11.5 Å². The molecule has 5 nitrogen and oxygen atoms in total. The van der Waals surface area contributed by atoms with Crippen molar-refractivity contribution in [1.82, 2.24) is 4.57 Å². The summed E-state index contributed by atoms with van der Waals surface area (Å²) in [6.45, 7) is 1.97. The molecule has 0 atom stereocenters. The van der Waals surface area contributed by atoms with E-state index >= 15 is 0 Å². The molecule has 3 rings (SSSR count). The highest BCUT2D eigenvalue weighted by molar-refractivity contribution is 7.17. The summed E-state index contributed by atoms with van der Waals surface area (Å²) in [5, 5.41) is 13.7. The second kappa shape index (κ2) is 6.54. The predicted octanol–water partition coefficient (Wildman–Crippen LogP) is 3.80. The summed E-state index contributed by atoms with van der Waals surface area (Å²) in [5.74, 6) is -0.808. The molecule has 7 heteroatoms. The highest BCUT2D eigenvalue weighted by Crippen LogP contribution is 2.34. The number of halogens is 1. The van der Waals surface area contributed by atoms with E-state index in [2.05, 4.69) is 0 Å². The molecule has 0 saturated heterocycles. The quantitative estimate of drug-likeness (QED) is 0.756. The number of pyridine rings is 1. The number of carbonyl (C=O) groups excluding carboxylic acids is 1. The van der Waals surface area contributed by atoms with Crippen molar-refractivity contribution < 1.29 is 9.90 Å². The molecule has 0 bridgehead atoms. The summed E-state index contributed by atoms with van der Waals surface area (Å²) in [4.78, 5) is 27.6. The van der Waals surface area contributed by atoms with Gasteiger partial charge in [-0.2, -0.15) is 0 Å². The van der Waals surface area contributed by atoms with Crippen LogP contribution in [0.2, 0.25) is 5.02 Å². The Labute approximate surface area is 153 Å². The van der Waals surface area contributed by atoms with Gasteiger partial charge in [-0.1, -0.05) is 18.5 Å². The Morgan fingerprint density at radius 1 is 1.32 bits per heavy atom. The Hall–Kier alpha value is -2.31. The average molecular weight is 377 g/mol. The van der Waals surface area contributed by atoms with Gasteiger partial charge in [0, 0.05) is 24.8 Å². The molecule has 130 valence electrons. The number of hydrogen-bond donors (Lipinski definition) is 1. The highest BCUT2D eigenvalue weighted by Gasteiger charge is 2.26. The second-order valence-corrected chi connectivity index (χ2v) is 7.02. The van der Waals surface area contributed by atoms with E-state index in [1.165, 1.54) is 20.8 Å². The molecule has 0 unspecified atom stereocenters. The number of aromatic hydroxyl groups is 1. The van der Waals surface area contributed by atoms with Gasteiger partial charge < -0.3 is 14.6 Å². The Kier molecular flexibility index (Phi) is 4.58. The topological polar surface area (TPSA) is 62.5 Å². The molecule has 2 heterocycles. The highest BCUT2D eigenvalue weighted by atomic mass is 35.5. The molecule has 1 aromatic carbocycles. The van der Waals surface area contributed by atoms with E-state index in [1.807, 2.05) is 12.3 Å². The van der Waals surface area contributed by atoms with E-state index in [-0.39, 0.29) is 11.3 Å². The van der Waals surface area contributed by atoms with Crippen LogP contribution in [0, 0.1) is 0 Å². The standard InChI is InChI=1S/C18H17ClN2O3S/c1-4-10-9-25-18-13(10)15(22)14(17(24)21(18)3)16(23)20(2)12-7-5-11(19)6-8-12/h5-9,22H,4H2,1-3H3. The number of rotatable bonds is 3. The van der Waals surface area contributed by atoms with Crippen LogP contribution in [-0.4, -0.2) is 22.6 Å². The average Bonchev–Trinajstić information content (AvgIpc) is 3.04. The third-order valence-corrected chi connectivity index (χ3v) is 5.61. The minimum atomic E-state index is -0.560. The van der Waals surface area contributed by atoms with Crippen molar-refractivity contribution >= 4 is 44.7 Å². The molecule has 1 amide bonds. The van der Waals surface area contributed by atoms with Crippen LogP contribution in [0.15, 0.2) is 34.4 Å². The van der Waals surface area contributed by atoms with Gasteiger partial charge in [0.25, 0.3) is 11.5 Å². The Balaban J connectivity index is 2.19. The van der Waals surface area contributed by atoms with Crippen LogP contribution in [-0.2, 0) is 13.5 Å². The molecule has 2 aromatic heterocycles. The zero-order valence-corrected chi connectivity index (χ0v) is 15.6. The normalized spacial score (nSPS) is 11.0. The molecule has 0 aliphatic rings. The summed E-state index contributed by atoms with van der Waals surface area (Å²) in [6, 6.07) is 6.69. The van der Waals surface area contributed by atoms with Gasteiger partial charge in [-0.25, -0.2) is 0 Å². The maximum atomic E-state index is 12.9. The van der Waals surface area contributed by atoms with E-state index in [0.717, 1.165) is 5.56 Å². The van der Waals surface area contributed by atoms with Gasteiger partial charge in [-0.15, -0.1) is 11.3 Å². The van der Waals surface area contributed by atoms with Crippen molar-refractivity contribution in [3.05, 3.63) is 56.1 Å². The van der Waals surface area contributed by atoms with Crippen molar-refractivity contribution in [2.45, 2.75) is 13.3 Å². The molecule has 1 N–H and O–H groups in total. The lowest BCUT2D eigenvalue weighted by Gasteiger charge is -2.18. The molecular weight excluding hydrogens is 360 g/mol. The van der Waals surface area contributed by atoms with E-state index in [9.17, 15) is 14.7 Å². The van der Waals surface area contributed by atoms with Crippen LogP contribution in [0.5, 0.6) is 5.75 Å². The lowest BCUT2D eigenvalue weighted by Crippen LogP contribution is -2.33. The number of aromatic nitrogens is 1. The SMILES string of the molecule is CCc1csc2c1c(O)c(C(=O)N(C)c1ccc(Cl)cc1)c(=O)n2C. The van der Waals surface area contributed by atoms with Gasteiger partial charge in [-0.05, 0) is 41.6 Å². The Bertz CT molecular complexity index is 1020. The first-order valence-electron chi connectivity index (χ1n) is 7.72. The first-order valence-corrected chi connectivity index (χ1v) is 8.98. The Morgan fingerprint density at radius 3 is 2.56 bits per heavy atom. The number of amides is 1.